The van der Waals surface area contributed by atoms with Crippen LogP contribution in [0.3, 0.4) is 0 Å². The number of amides is 2. The summed E-state index contributed by atoms with van der Waals surface area (Å²) in [6, 6.07) is 7.21. The molecule has 13 heavy (non-hydrogen) atoms. The second-order valence-electron chi connectivity index (χ2n) is 2.61. The molecule has 1 aromatic rings. The second kappa shape index (κ2) is 4.47. The van der Waals surface area contributed by atoms with Gasteiger partial charge in [0.2, 0.25) is 0 Å². The SMILES string of the molecule is CCc1ccccc1NC(=O)NN. The van der Waals surface area contributed by atoms with Gasteiger partial charge in [-0.15, -0.1) is 0 Å². The third-order valence-electron chi connectivity index (χ3n) is 1.78. The average molecular weight is 179 g/mol. The van der Waals surface area contributed by atoms with Crippen molar-refractivity contribution in [2.75, 3.05) is 5.32 Å². The van der Waals surface area contributed by atoms with Crippen molar-refractivity contribution < 1.29 is 4.79 Å². The summed E-state index contributed by atoms with van der Waals surface area (Å²) in [6.45, 7) is 2.03. The Morgan fingerprint density at radius 3 is 2.77 bits per heavy atom. The number of aryl methyl sites for hydroxylation is 1. The molecule has 0 bridgehead atoms. The number of para-hydroxylation sites is 1. The molecule has 0 aliphatic carbocycles. The van der Waals surface area contributed by atoms with Gasteiger partial charge in [-0.1, -0.05) is 25.1 Å². The zero-order chi connectivity index (χ0) is 9.68. The van der Waals surface area contributed by atoms with Gasteiger partial charge in [0.15, 0.2) is 0 Å². The summed E-state index contributed by atoms with van der Waals surface area (Å²) in [7, 11) is 0. The number of nitrogens with one attached hydrogen (secondary N) is 2. The van der Waals surface area contributed by atoms with Gasteiger partial charge < -0.3 is 5.32 Å². The number of hydrazine groups is 1. The van der Waals surface area contributed by atoms with E-state index in [2.05, 4.69) is 5.32 Å². The van der Waals surface area contributed by atoms with Gasteiger partial charge in [-0.25, -0.2) is 10.6 Å². The van der Waals surface area contributed by atoms with Crippen LogP contribution in [-0.2, 0) is 6.42 Å². The Bertz CT molecular complexity index is 299. The van der Waals surface area contributed by atoms with Crippen LogP contribution >= 0.6 is 0 Å². The summed E-state index contributed by atoms with van der Waals surface area (Å²) in [4.78, 5) is 10.9. The standard InChI is InChI=1S/C9H13N3O/c1-2-7-5-3-4-6-8(7)11-9(13)12-10/h3-6H,2,10H2,1H3,(H2,11,12,13). The van der Waals surface area contributed by atoms with E-state index in [4.69, 9.17) is 5.84 Å². The first-order valence-corrected chi connectivity index (χ1v) is 4.13. The van der Waals surface area contributed by atoms with Crippen molar-refractivity contribution in [2.24, 2.45) is 5.84 Å². The van der Waals surface area contributed by atoms with Crippen molar-refractivity contribution >= 4 is 11.7 Å². The van der Waals surface area contributed by atoms with Gasteiger partial charge in [-0.05, 0) is 18.1 Å². The van der Waals surface area contributed by atoms with Crippen LogP contribution in [0.4, 0.5) is 10.5 Å². The lowest BCUT2D eigenvalue weighted by atomic mass is 10.1. The summed E-state index contributed by atoms with van der Waals surface area (Å²) >= 11 is 0. The Hall–Kier alpha value is -1.55. The van der Waals surface area contributed by atoms with Crippen molar-refractivity contribution in [2.45, 2.75) is 13.3 Å². The molecule has 70 valence electrons. The Morgan fingerprint density at radius 2 is 2.15 bits per heavy atom. The van der Waals surface area contributed by atoms with E-state index >= 15 is 0 Å². The highest BCUT2D eigenvalue weighted by Gasteiger charge is 2.02. The molecule has 4 nitrogen and oxygen atoms in total. The fraction of sp³-hybridized carbons (Fsp3) is 0.222. The largest absolute Gasteiger partial charge is 0.333 e. The molecule has 0 aromatic heterocycles. The van der Waals surface area contributed by atoms with E-state index in [1.54, 1.807) is 0 Å². The Labute approximate surface area is 77.1 Å². The number of urea groups is 1. The zero-order valence-electron chi connectivity index (χ0n) is 7.50. The first kappa shape index (κ1) is 9.54. The molecular weight excluding hydrogens is 166 g/mol. The molecule has 0 heterocycles. The number of benzene rings is 1. The van der Waals surface area contributed by atoms with E-state index in [9.17, 15) is 4.79 Å². The maximum atomic E-state index is 10.9. The first-order chi connectivity index (χ1) is 6.27. The van der Waals surface area contributed by atoms with Crippen LogP contribution in [0.15, 0.2) is 24.3 Å². The maximum absolute atomic E-state index is 10.9. The lowest BCUT2D eigenvalue weighted by molar-refractivity contribution is 0.252. The molecule has 0 radical (unpaired) electrons. The molecule has 0 aliphatic rings. The molecule has 4 N–H and O–H groups in total. The number of hydrogen-bond acceptors (Lipinski definition) is 2. The molecule has 0 unspecified atom stereocenters. The van der Waals surface area contributed by atoms with Crippen LogP contribution < -0.4 is 16.6 Å². The topological polar surface area (TPSA) is 67.2 Å². The van der Waals surface area contributed by atoms with Gasteiger partial charge in [0.05, 0.1) is 0 Å². The molecular formula is C9H13N3O. The van der Waals surface area contributed by atoms with E-state index in [0.29, 0.717) is 0 Å². The van der Waals surface area contributed by atoms with Crippen LogP contribution in [0.5, 0.6) is 0 Å². The summed E-state index contributed by atoms with van der Waals surface area (Å²) in [5.41, 5.74) is 3.90. The normalized spacial score (nSPS) is 9.38. The van der Waals surface area contributed by atoms with Crippen LogP contribution in [0.1, 0.15) is 12.5 Å². The van der Waals surface area contributed by atoms with E-state index in [1.807, 2.05) is 36.6 Å². The first-order valence-electron chi connectivity index (χ1n) is 4.13. The summed E-state index contributed by atoms with van der Waals surface area (Å²) in [6.07, 6.45) is 0.876. The third-order valence-corrected chi connectivity index (χ3v) is 1.78. The summed E-state index contributed by atoms with van der Waals surface area (Å²) < 4.78 is 0. The van der Waals surface area contributed by atoms with Gasteiger partial charge in [0, 0.05) is 5.69 Å². The molecule has 0 aliphatic heterocycles. The van der Waals surface area contributed by atoms with Crippen LogP contribution in [0, 0.1) is 0 Å². The molecule has 1 rings (SSSR count). The highest BCUT2D eigenvalue weighted by atomic mass is 16.2. The van der Waals surface area contributed by atoms with E-state index in [0.717, 1.165) is 17.7 Å². The smallest absolute Gasteiger partial charge is 0.307 e. The molecule has 0 saturated heterocycles. The minimum Gasteiger partial charge on any atom is -0.307 e. The van der Waals surface area contributed by atoms with Crippen LogP contribution in [-0.4, -0.2) is 6.03 Å². The number of carbonyl (C=O) groups is 1. The number of carbonyl (C=O) groups excluding carboxylic acids is 1. The van der Waals surface area contributed by atoms with Gasteiger partial charge in [-0.3, -0.25) is 5.43 Å². The van der Waals surface area contributed by atoms with Crippen molar-refractivity contribution in [1.82, 2.24) is 5.43 Å². The van der Waals surface area contributed by atoms with Crippen molar-refractivity contribution in [3.8, 4) is 0 Å². The minimum atomic E-state index is -0.402. The van der Waals surface area contributed by atoms with Crippen molar-refractivity contribution in [3.05, 3.63) is 29.8 Å². The van der Waals surface area contributed by atoms with Gasteiger partial charge in [0.25, 0.3) is 0 Å². The fourth-order valence-electron chi connectivity index (χ4n) is 1.11. The third kappa shape index (κ3) is 2.45. The fourth-order valence-corrected chi connectivity index (χ4v) is 1.11. The molecule has 0 saturated carbocycles. The zero-order valence-corrected chi connectivity index (χ0v) is 7.50. The molecule has 0 atom stereocenters. The molecule has 0 fully saturated rings. The second-order valence-corrected chi connectivity index (χ2v) is 2.61. The molecule has 4 heteroatoms. The lowest BCUT2D eigenvalue weighted by Crippen LogP contribution is -2.34. The summed E-state index contributed by atoms with van der Waals surface area (Å²) in [5.74, 6) is 4.95. The Kier molecular flexibility index (Phi) is 3.28. The number of nitrogens with two attached hydrogens (primary N) is 1. The summed E-state index contributed by atoms with van der Waals surface area (Å²) in [5, 5.41) is 2.64. The van der Waals surface area contributed by atoms with E-state index < -0.39 is 6.03 Å². The Balaban J connectivity index is 2.81. The predicted molar refractivity (Wildman–Crippen MR) is 52.2 cm³/mol. The van der Waals surface area contributed by atoms with Gasteiger partial charge in [-0.2, -0.15) is 0 Å². The highest BCUT2D eigenvalue weighted by molar-refractivity contribution is 5.89. The minimum absolute atomic E-state index is 0.402. The van der Waals surface area contributed by atoms with Crippen molar-refractivity contribution in [1.29, 1.82) is 0 Å². The highest BCUT2D eigenvalue weighted by Crippen LogP contribution is 2.14. The van der Waals surface area contributed by atoms with Crippen LogP contribution in [0.2, 0.25) is 0 Å². The molecule has 2 amide bonds. The number of anilines is 1. The monoisotopic (exact) mass is 179 g/mol. The lowest BCUT2D eigenvalue weighted by Gasteiger charge is -2.08. The molecule has 0 spiro atoms. The number of rotatable bonds is 2. The predicted octanol–water partition coefficient (Wildman–Crippen LogP) is 1.24. The van der Waals surface area contributed by atoms with E-state index in [1.165, 1.54) is 0 Å². The van der Waals surface area contributed by atoms with Gasteiger partial charge in [0.1, 0.15) is 0 Å². The quantitative estimate of drug-likeness (QED) is 0.363. The van der Waals surface area contributed by atoms with Gasteiger partial charge >= 0.3 is 6.03 Å². The van der Waals surface area contributed by atoms with E-state index in [-0.39, 0.29) is 0 Å². The number of hydrogen-bond donors (Lipinski definition) is 3. The average Bonchev–Trinajstić information content (AvgIpc) is 2.18. The Morgan fingerprint density at radius 1 is 1.46 bits per heavy atom. The van der Waals surface area contributed by atoms with Crippen molar-refractivity contribution in [3.63, 3.8) is 0 Å². The maximum Gasteiger partial charge on any atom is 0.333 e. The molecule has 1 aromatic carbocycles. The van der Waals surface area contributed by atoms with Crippen LogP contribution in [0.25, 0.3) is 0 Å².